The van der Waals surface area contributed by atoms with Gasteiger partial charge in [0.2, 0.25) is 5.95 Å². The van der Waals surface area contributed by atoms with E-state index in [1.165, 1.54) is 7.11 Å². The van der Waals surface area contributed by atoms with E-state index in [4.69, 9.17) is 4.74 Å². The largest absolute Gasteiger partial charge is 0.466 e. The number of hydrogen-bond donors (Lipinski definition) is 1. The molecule has 7 nitrogen and oxygen atoms in total. The molecule has 0 spiro atoms. The van der Waals surface area contributed by atoms with Gasteiger partial charge in [0.05, 0.1) is 12.7 Å². The van der Waals surface area contributed by atoms with Crippen molar-refractivity contribution < 1.29 is 9.53 Å². The summed E-state index contributed by atoms with van der Waals surface area (Å²) >= 11 is 1.66. The van der Waals surface area contributed by atoms with Crippen molar-refractivity contribution >= 4 is 23.7 Å². The zero-order chi connectivity index (χ0) is 15.7. The summed E-state index contributed by atoms with van der Waals surface area (Å²) in [6.45, 7) is 1.81. The van der Waals surface area contributed by atoms with E-state index in [-0.39, 0.29) is 0 Å². The molecule has 1 aliphatic rings. The van der Waals surface area contributed by atoms with Crippen LogP contribution in [0.3, 0.4) is 0 Å². The van der Waals surface area contributed by atoms with Gasteiger partial charge in [0.1, 0.15) is 6.04 Å². The predicted octanol–water partition coefficient (Wildman–Crippen LogP) is 1.86. The Hall–Kier alpha value is -2.35. The number of benzene rings is 1. The molecule has 0 aliphatic carbocycles. The minimum Gasteiger partial charge on any atom is -0.466 e. The second-order valence-electron chi connectivity index (χ2n) is 4.78. The molecule has 1 aromatic heterocycles. The first-order chi connectivity index (χ1) is 10.7. The summed E-state index contributed by atoms with van der Waals surface area (Å²) in [5.74, 6) is 0.106. The highest BCUT2D eigenvalue weighted by Gasteiger charge is 2.34. The zero-order valence-corrected chi connectivity index (χ0v) is 13.2. The summed E-state index contributed by atoms with van der Waals surface area (Å²) in [4.78, 5) is 13.4. The van der Waals surface area contributed by atoms with Crippen molar-refractivity contribution in [2.45, 2.75) is 17.9 Å². The minimum atomic E-state index is -0.408. The van der Waals surface area contributed by atoms with Crippen molar-refractivity contribution in [3.63, 3.8) is 0 Å². The zero-order valence-electron chi connectivity index (χ0n) is 12.4. The molecule has 0 bridgehead atoms. The van der Waals surface area contributed by atoms with Crippen molar-refractivity contribution in [2.75, 3.05) is 18.7 Å². The van der Waals surface area contributed by atoms with E-state index in [2.05, 4.69) is 20.8 Å². The monoisotopic (exact) mass is 317 g/mol. The van der Waals surface area contributed by atoms with Gasteiger partial charge in [-0.15, -0.1) is 11.8 Å². The van der Waals surface area contributed by atoms with Crippen LogP contribution >= 0.6 is 11.8 Å². The van der Waals surface area contributed by atoms with Crippen molar-refractivity contribution in [3.05, 3.63) is 41.1 Å². The van der Waals surface area contributed by atoms with E-state index in [1.54, 1.807) is 16.4 Å². The molecular weight excluding hydrogens is 302 g/mol. The fourth-order valence-electron chi connectivity index (χ4n) is 2.48. The number of fused-ring (bicyclic) bond motifs is 1. The van der Waals surface area contributed by atoms with Crippen LogP contribution in [0.2, 0.25) is 0 Å². The van der Waals surface area contributed by atoms with Gasteiger partial charge in [0.25, 0.3) is 0 Å². The number of carbonyl (C=O) groups excluding carboxylic acids is 1. The molecule has 0 saturated carbocycles. The predicted molar refractivity (Wildman–Crippen MR) is 82.5 cm³/mol. The topological polar surface area (TPSA) is 81.9 Å². The number of hydrogen-bond acceptors (Lipinski definition) is 7. The number of anilines is 1. The third-order valence-corrected chi connectivity index (χ3v) is 4.29. The maximum absolute atomic E-state index is 12.2. The first-order valence-electron chi connectivity index (χ1n) is 6.63. The Kier molecular flexibility index (Phi) is 3.84. The Labute approximate surface area is 131 Å². The van der Waals surface area contributed by atoms with Crippen LogP contribution in [0.1, 0.15) is 18.5 Å². The van der Waals surface area contributed by atoms with E-state index in [9.17, 15) is 4.79 Å². The lowest BCUT2D eigenvalue weighted by Crippen LogP contribution is -2.29. The number of thioether (sulfide) groups is 1. The molecule has 2 aromatic rings. The third-order valence-electron chi connectivity index (χ3n) is 3.55. The Morgan fingerprint density at radius 1 is 1.36 bits per heavy atom. The molecule has 2 heterocycles. The van der Waals surface area contributed by atoms with Crippen LogP contribution in [0.25, 0.3) is 0 Å². The molecule has 8 heteroatoms. The van der Waals surface area contributed by atoms with Gasteiger partial charge in [-0.2, -0.15) is 4.68 Å². The fraction of sp³-hybridized carbons (Fsp3) is 0.286. The normalized spacial score (nSPS) is 17.0. The van der Waals surface area contributed by atoms with E-state index >= 15 is 0 Å². The SMILES string of the molecule is COC(=O)C1=C(C)Nc2nnnn2C1c1ccc(SC)cc1. The molecule has 0 saturated heterocycles. The molecule has 114 valence electrons. The summed E-state index contributed by atoms with van der Waals surface area (Å²) < 4.78 is 6.52. The summed E-state index contributed by atoms with van der Waals surface area (Å²) in [6, 6.07) is 7.56. The number of tetrazole rings is 1. The van der Waals surface area contributed by atoms with E-state index in [1.807, 2.05) is 37.4 Å². The molecule has 1 N–H and O–H groups in total. The van der Waals surface area contributed by atoms with Crippen molar-refractivity contribution in [1.29, 1.82) is 0 Å². The Bertz CT molecular complexity index is 738. The van der Waals surface area contributed by atoms with Crippen molar-refractivity contribution in [1.82, 2.24) is 20.2 Å². The summed E-state index contributed by atoms with van der Waals surface area (Å²) in [6.07, 6.45) is 2.02. The maximum Gasteiger partial charge on any atom is 0.338 e. The van der Waals surface area contributed by atoms with Gasteiger partial charge in [-0.05, 0) is 41.3 Å². The van der Waals surface area contributed by atoms with Crippen LogP contribution in [0.5, 0.6) is 0 Å². The lowest BCUT2D eigenvalue weighted by Gasteiger charge is -2.27. The van der Waals surface area contributed by atoms with Gasteiger partial charge in [-0.1, -0.05) is 17.2 Å². The van der Waals surface area contributed by atoms with E-state index in [0.717, 1.165) is 10.5 Å². The number of ether oxygens (including phenoxy) is 1. The van der Waals surface area contributed by atoms with Crippen LogP contribution in [-0.2, 0) is 9.53 Å². The average Bonchev–Trinajstić information content (AvgIpc) is 3.00. The molecule has 1 aliphatic heterocycles. The highest BCUT2D eigenvalue weighted by atomic mass is 32.2. The van der Waals surface area contributed by atoms with Crippen LogP contribution < -0.4 is 5.32 Å². The number of allylic oxidation sites excluding steroid dienone is 1. The standard InChI is InChI=1S/C14H15N5O2S/c1-8-11(13(20)21-2)12(19-14(15-8)16-17-18-19)9-4-6-10(22-3)7-5-9/h4-7,12H,1-3H3,(H,15,16,18). The molecule has 0 radical (unpaired) electrons. The van der Waals surface area contributed by atoms with E-state index < -0.39 is 12.0 Å². The summed E-state index contributed by atoms with van der Waals surface area (Å²) in [7, 11) is 1.37. The van der Waals surface area contributed by atoms with Gasteiger partial charge in [0, 0.05) is 10.6 Å². The van der Waals surface area contributed by atoms with Gasteiger partial charge in [-0.25, -0.2) is 4.79 Å². The number of nitrogens with zero attached hydrogens (tertiary/aromatic N) is 4. The quantitative estimate of drug-likeness (QED) is 0.683. The minimum absolute atomic E-state index is 0.398. The van der Waals surface area contributed by atoms with Gasteiger partial charge < -0.3 is 10.1 Å². The third kappa shape index (κ3) is 2.35. The first-order valence-corrected chi connectivity index (χ1v) is 7.86. The number of aromatic nitrogens is 4. The summed E-state index contributed by atoms with van der Waals surface area (Å²) in [5.41, 5.74) is 2.11. The molecule has 0 amide bonds. The number of methoxy groups -OCH3 is 1. The van der Waals surface area contributed by atoms with Crippen LogP contribution in [0.15, 0.2) is 40.4 Å². The van der Waals surface area contributed by atoms with Gasteiger partial charge in [0.15, 0.2) is 0 Å². The van der Waals surface area contributed by atoms with Crippen molar-refractivity contribution in [2.24, 2.45) is 0 Å². The Balaban J connectivity index is 2.13. The lowest BCUT2D eigenvalue weighted by molar-refractivity contribution is -0.136. The average molecular weight is 317 g/mol. The number of rotatable bonds is 3. The number of esters is 1. The van der Waals surface area contributed by atoms with Crippen LogP contribution in [0.4, 0.5) is 5.95 Å². The number of carbonyl (C=O) groups is 1. The van der Waals surface area contributed by atoms with Crippen LogP contribution in [0, 0.1) is 0 Å². The molecule has 1 unspecified atom stereocenters. The first kappa shape index (κ1) is 14.6. The van der Waals surface area contributed by atoms with Crippen LogP contribution in [-0.4, -0.2) is 39.5 Å². The smallest absolute Gasteiger partial charge is 0.338 e. The number of nitrogens with one attached hydrogen (secondary N) is 1. The fourth-order valence-corrected chi connectivity index (χ4v) is 2.89. The highest BCUT2D eigenvalue weighted by molar-refractivity contribution is 7.98. The highest BCUT2D eigenvalue weighted by Crippen LogP contribution is 2.35. The van der Waals surface area contributed by atoms with Gasteiger partial charge >= 0.3 is 5.97 Å². The van der Waals surface area contributed by atoms with Crippen molar-refractivity contribution in [3.8, 4) is 0 Å². The Morgan fingerprint density at radius 3 is 2.73 bits per heavy atom. The lowest BCUT2D eigenvalue weighted by atomic mass is 9.96. The second-order valence-corrected chi connectivity index (χ2v) is 5.66. The Morgan fingerprint density at radius 2 is 2.09 bits per heavy atom. The molecular formula is C14H15N5O2S. The molecule has 0 fully saturated rings. The van der Waals surface area contributed by atoms with E-state index in [0.29, 0.717) is 17.2 Å². The second kappa shape index (κ2) is 5.80. The molecule has 22 heavy (non-hydrogen) atoms. The molecule has 1 atom stereocenters. The van der Waals surface area contributed by atoms with Gasteiger partial charge in [-0.3, -0.25) is 0 Å². The molecule has 3 rings (SSSR count). The molecule has 1 aromatic carbocycles. The summed E-state index contributed by atoms with van der Waals surface area (Å²) in [5, 5.41) is 14.7. The maximum atomic E-state index is 12.2.